The van der Waals surface area contributed by atoms with Crippen LogP contribution in [0.1, 0.15) is 22.1 Å². The van der Waals surface area contributed by atoms with Crippen LogP contribution in [0.3, 0.4) is 0 Å². The van der Waals surface area contributed by atoms with Crippen LogP contribution in [-0.2, 0) is 6.54 Å². The summed E-state index contributed by atoms with van der Waals surface area (Å²) in [5.41, 5.74) is 3.63. The number of amidine groups is 1. The Bertz CT molecular complexity index is 610. The molecule has 0 radical (unpaired) electrons. The third kappa shape index (κ3) is 3.02. The molecule has 3 nitrogen and oxygen atoms in total. The summed E-state index contributed by atoms with van der Waals surface area (Å²) in [6, 6.07) is 14.6. The molecular formula is C16H17N3S. The fraction of sp³-hybridized carbons (Fsp3) is 0.250. The molecule has 102 valence electrons. The van der Waals surface area contributed by atoms with Gasteiger partial charge in [-0.15, -0.1) is 0 Å². The van der Waals surface area contributed by atoms with Crippen molar-refractivity contribution in [3.8, 4) is 0 Å². The topological polar surface area (TPSA) is 37.3 Å². The average molecular weight is 283 g/mol. The highest BCUT2D eigenvalue weighted by molar-refractivity contribution is 8.14. The van der Waals surface area contributed by atoms with Gasteiger partial charge in [-0.25, -0.2) is 0 Å². The molecule has 0 fully saturated rings. The minimum absolute atomic E-state index is 0.434. The van der Waals surface area contributed by atoms with Crippen molar-refractivity contribution >= 4 is 16.9 Å². The molecule has 0 amide bonds. The van der Waals surface area contributed by atoms with Gasteiger partial charge in [0.05, 0.1) is 24.0 Å². The summed E-state index contributed by atoms with van der Waals surface area (Å²) in [7, 11) is 0. The molecule has 0 saturated heterocycles. The molecule has 0 spiro atoms. The summed E-state index contributed by atoms with van der Waals surface area (Å²) in [5.74, 6) is 0. The zero-order valence-corrected chi connectivity index (χ0v) is 12.2. The lowest BCUT2D eigenvalue weighted by Gasteiger charge is -2.10. The van der Waals surface area contributed by atoms with Crippen LogP contribution in [0.15, 0.2) is 53.7 Å². The van der Waals surface area contributed by atoms with Crippen LogP contribution >= 0.6 is 11.8 Å². The van der Waals surface area contributed by atoms with Crippen molar-refractivity contribution in [1.82, 2.24) is 10.3 Å². The van der Waals surface area contributed by atoms with Crippen LogP contribution in [0.2, 0.25) is 0 Å². The van der Waals surface area contributed by atoms with Gasteiger partial charge in [-0.1, -0.05) is 48.2 Å². The summed E-state index contributed by atoms with van der Waals surface area (Å²) >= 11 is 1.80. The minimum Gasteiger partial charge on any atom is -0.359 e. The molecule has 0 bridgehead atoms. The summed E-state index contributed by atoms with van der Waals surface area (Å²) < 4.78 is 0. The maximum atomic E-state index is 4.58. The predicted octanol–water partition coefficient (Wildman–Crippen LogP) is 3.32. The zero-order chi connectivity index (χ0) is 13.8. The molecule has 3 rings (SSSR count). The van der Waals surface area contributed by atoms with Gasteiger partial charge in [-0.2, -0.15) is 0 Å². The van der Waals surface area contributed by atoms with Crippen molar-refractivity contribution in [2.24, 2.45) is 4.99 Å². The minimum atomic E-state index is 0.434. The highest BCUT2D eigenvalue weighted by Gasteiger charge is 2.20. The van der Waals surface area contributed by atoms with Crippen LogP contribution in [0.25, 0.3) is 0 Å². The first-order valence-corrected chi connectivity index (χ1v) is 7.61. The van der Waals surface area contributed by atoms with Crippen molar-refractivity contribution in [2.45, 2.75) is 18.7 Å². The van der Waals surface area contributed by atoms with Crippen LogP contribution in [0.4, 0.5) is 0 Å². The smallest absolute Gasteiger partial charge is 0.157 e. The van der Waals surface area contributed by atoms with Gasteiger partial charge in [0, 0.05) is 6.20 Å². The predicted molar refractivity (Wildman–Crippen MR) is 84.9 cm³/mol. The fourth-order valence-electron chi connectivity index (χ4n) is 2.18. The molecule has 2 heterocycles. The van der Waals surface area contributed by atoms with Crippen LogP contribution < -0.4 is 5.32 Å². The number of nitrogens with one attached hydrogen (secondary N) is 1. The molecule has 0 aliphatic carbocycles. The molecule has 1 aliphatic rings. The molecule has 0 saturated carbocycles. The molecule has 4 heteroatoms. The van der Waals surface area contributed by atoms with E-state index in [9.17, 15) is 0 Å². The van der Waals surface area contributed by atoms with Gasteiger partial charge >= 0.3 is 0 Å². The zero-order valence-electron chi connectivity index (χ0n) is 11.4. The van der Waals surface area contributed by atoms with Crippen LogP contribution in [0.5, 0.6) is 0 Å². The van der Waals surface area contributed by atoms with E-state index in [0.717, 1.165) is 24.0 Å². The number of rotatable bonds is 3. The SMILES string of the molecule is Cc1cccnc1CNC1=NCC(c2ccccc2)S1. The summed E-state index contributed by atoms with van der Waals surface area (Å²) in [6.07, 6.45) is 1.83. The van der Waals surface area contributed by atoms with Gasteiger partial charge in [-0.05, 0) is 24.1 Å². The molecule has 1 unspecified atom stereocenters. The number of pyridine rings is 1. The second-order valence-corrected chi connectivity index (χ2v) is 5.98. The number of aromatic nitrogens is 1. The van der Waals surface area contributed by atoms with E-state index in [0.29, 0.717) is 5.25 Å². The van der Waals surface area contributed by atoms with Gasteiger partial charge in [-0.3, -0.25) is 9.98 Å². The first kappa shape index (κ1) is 13.2. The highest BCUT2D eigenvalue weighted by atomic mass is 32.2. The number of benzene rings is 1. The Morgan fingerprint density at radius 2 is 2.05 bits per heavy atom. The number of hydrogen-bond acceptors (Lipinski definition) is 4. The molecule has 1 atom stereocenters. The second-order valence-electron chi connectivity index (χ2n) is 4.78. The maximum absolute atomic E-state index is 4.58. The average Bonchev–Trinajstić information content (AvgIpc) is 2.96. The van der Waals surface area contributed by atoms with Gasteiger partial charge in [0.15, 0.2) is 5.17 Å². The Kier molecular flexibility index (Phi) is 4.02. The molecule has 1 aromatic carbocycles. The van der Waals surface area contributed by atoms with Gasteiger partial charge in [0.1, 0.15) is 0 Å². The third-order valence-electron chi connectivity index (χ3n) is 3.35. The Labute approximate surface area is 123 Å². The van der Waals surface area contributed by atoms with E-state index < -0.39 is 0 Å². The van der Waals surface area contributed by atoms with Gasteiger partial charge in [0.2, 0.25) is 0 Å². The van der Waals surface area contributed by atoms with Crippen molar-refractivity contribution in [2.75, 3.05) is 6.54 Å². The van der Waals surface area contributed by atoms with Crippen molar-refractivity contribution in [3.63, 3.8) is 0 Å². The summed E-state index contributed by atoms with van der Waals surface area (Å²) in [6.45, 7) is 3.67. The number of nitrogens with zero attached hydrogens (tertiary/aromatic N) is 2. The Morgan fingerprint density at radius 1 is 1.20 bits per heavy atom. The van der Waals surface area contributed by atoms with Gasteiger partial charge < -0.3 is 5.32 Å². The first-order valence-electron chi connectivity index (χ1n) is 6.73. The number of hydrogen-bond donors (Lipinski definition) is 1. The molecular weight excluding hydrogens is 266 g/mol. The van der Waals surface area contributed by atoms with E-state index in [-0.39, 0.29) is 0 Å². The van der Waals surface area contributed by atoms with E-state index in [1.165, 1.54) is 11.1 Å². The number of thioether (sulfide) groups is 1. The maximum Gasteiger partial charge on any atom is 0.157 e. The van der Waals surface area contributed by atoms with Crippen molar-refractivity contribution in [3.05, 3.63) is 65.5 Å². The third-order valence-corrected chi connectivity index (χ3v) is 4.55. The van der Waals surface area contributed by atoms with Crippen molar-refractivity contribution in [1.29, 1.82) is 0 Å². The standard InChI is InChI=1S/C16H17N3S/c1-12-6-5-9-17-14(12)10-18-16-19-11-15(20-16)13-7-3-2-4-8-13/h2-9,15H,10-11H2,1H3,(H,18,19). The fourth-order valence-corrected chi connectivity index (χ4v) is 3.19. The van der Waals surface area contributed by atoms with E-state index >= 15 is 0 Å². The molecule has 1 aliphatic heterocycles. The lowest BCUT2D eigenvalue weighted by molar-refractivity contribution is 0.865. The molecule has 2 aromatic rings. The summed E-state index contributed by atoms with van der Waals surface area (Å²) in [4.78, 5) is 8.97. The lowest BCUT2D eigenvalue weighted by Crippen LogP contribution is -2.19. The summed E-state index contributed by atoms with van der Waals surface area (Å²) in [5, 5.41) is 4.84. The molecule has 20 heavy (non-hydrogen) atoms. The van der Waals surface area contributed by atoms with Crippen molar-refractivity contribution < 1.29 is 0 Å². The first-order chi connectivity index (χ1) is 9.83. The Morgan fingerprint density at radius 3 is 2.85 bits per heavy atom. The Balaban J connectivity index is 1.57. The monoisotopic (exact) mass is 283 g/mol. The highest BCUT2D eigenvalue weighted by Crippen LogP contribution is 2.34. The van der Waals surface area contributed by atoms with Crippen LogP contribution in [-0.4, -0.2) is 16.7 Å². The van der Waals surface area contributed by atoms with E-state index in [1.807, 2.05) is 18.3 Å². The second kappa shape index (κ2) is 6.09. The van der Waals surface area contributed by atoms with Gasteiger partial charge in [0.25, 0.3) is 0 Å². The van der Waals surface area contributed by atoms with E-state index in [1.54, 1.807) is 11.8 Å². The normalized spacial score (nSPS) is 17.9. The lowest BCUT2D eigenvalue weighted by atomic mass is 10.1. The Hall–Kier alpha value is -1.81. The largest absolute Gasteiger partial charge is 0.359 e. The van der Waals surface area contributed by atoms with E-state index in [2.05, 4.69) is 52.5 Å². The quantitative estimate of drug-likeness (QED) is 0.939. The van der Waals surface area contributed by atoms with E-state index in [4.69, 9.17) is 0 Å². The van der Waals surface area contributed by atoms with Crippen LogP contribution in [0, 0.1) is 6.92 Å². The number of aliphatic imine (C=N–C) groups is 1. The molecule has 1 aromatic heterocycles. The molecule has 1 N–H and O–H groups in total. The number of aryl methyl sites for hydroxylation is 1.